The lowest BCUT2D eigenvalue weighted by Crippen LogP contribution is -2.30. The van der Waals surface area contributed by atoms with Gasteiger partial charge in [0.2, 0.25) is 5.82 Å². The van der Waals surface area contributed by atoms with Crippen molar-refractivity contribution in [3.05, 3.63) is 15.8 Å². The summed E-state index contributed by atoms with van der Waals surface area (Å²) >= 11 is 0. The first-order valence-corrected chi connectivity index (χ1v) is 7.23. The number of aryl methyl sites for hydroxylation is 2. The van der Waals surface area contributed by atoms with Gasteiger partial charge in [-0.2, -0.15) is 5.10 Å². The van der Waals surface area contributed by atoms with E-state index in [1.54, 1.807) is 11.6 Å². The summed E-state index contributed by atoms with van der Waals surface area (Å²) in [6, 6.07) is 0. The molecular weight excluding hydrogens is 258 g/mol. The Morgan fingerprint density at radius 2 is 2.05 bits per heavy atom. The van der Waals surface area contributed by atoms with E-state index in [-0.39, 0.29) is 10.6 Å². The van der Waals surface area contributed by atoms with Crippen LogP contribution in [0, 0.1) is 17.0 Å². The van der Waals surface area contributed by atoms with E-state index < -0.39 is 0 Å². The van der Waals surface area contributed by atoms with Gasteiger partial charge in [0.05, 0.1) is 4.92 Å². The Bertz CT molecular complexity index is 444. The second kappa shape index (κ2) is 7.84. The standard InChI is InChI=1S/C13H25N5O2/c1-5-9-16(6-2)10-8-14-13-12(18(19)20)11(4)15-17(13)7-3/h14H,5-10H2,1-4H3. The summed E-state index contributed by atoms with van der Waals surface area (Å²) in [5, 5.41) is 18.5. The van der Waals surface area contributed by atoms with E-state index >= 15 is 0 Å². The van der Waals surface area contributed by atoms with Gasteiger partial charge in [0.1, 0.15) is 5.69 Å². The SMILES string of the molecule is CCCN(CC)CCNc1c([N+](=O)[O-])c(C)nn1CC. The Morgan fingerprint density at radius 1 is 1.35 bits per heavy atom. The van der Waals surface area contributed by atoms with E-state index in [1.165, 1.54) is 0 Å². The average Bonchev–Trinajstić information content (AvgIpc) is 2.73. The maximum atomic E-state index is 11.1. The number of nitrogens with one attached hydrogen (secondary N) is 1. The van der Waals surface area contributed by atoms with E-state index in [9.17, 15) is 10.1 Å². The van der Waals surface area contributed by atoms with E-state index in [0.29, 0.717) is 24.6 Å². The number of anilines is 1. The quantitative estimate of drug-likeness (QED) is 0.555. The molecule has 0 amide bonds. The number of nitro groups is 1. The van der Waals surface area contributed by atoms with Crippen LogP contribution in [0.3, 0.4) is 0 Å². The third-order valence-corrected chi connectivity index (χ3v) is 3.29. The van der Waals surface area contributed by atoms with E-state index in [0.717, 1.165) is 26.1 Å². The molecule has 0 aliphatic carbocycles. The van der Waals surface area contributed by atoms with Gasteiger partial charge in [-0.3, -0.25) is 10.1 Å². The van der Waals surface area contributed by atoms with Gasteiger partial charge >= 0.3 is 5.69 Å². The van der Waals surface area contributed by atoms with Gasteiger partial charge in [0.25, 0.3) is 0 Å². The normalized spacial score (nSPS) is 11.1. The minimum absolute atomic E-state index is 0.0883. The summed E-state index contributed by atoms with van der Waals surface area (Å²) in [5.74, 6) is 0.516. The van der Waals surface area contributed by atoms with Gasteiger partial charge in [-0.15, -0.1) is 0 Å². The lowest BCUT2D eigenvalue weighted by Gasteiger charge is -2.19. The zero-order valence-electron chi connectivity index (χ0n) is 12.8. The molecule has 114 valence electrons. The molecule has 20 heavy (non-hydrogen) atoms. The topological polar surface area (TPSA) is 76.2 Å². The Morgan fingerprint density at radius 3 is 2.55 bits per heavy atom. The number of hydrogen-bond donors (Lipinski definition) is 1. The monoisotopic (exact) mass is 283 g/mol. The molecule has 1 aromatic rings. The van der Waals surface area contributed by atoms with Crippen molar-refractivity contribution >= 4 is 11.5 Å². The highest BCUT2D eigenvalue weighted by Crippen LogP contribution is 2.27. The lowest BCUT2D eigenvalue weighted by molar-refractivity contribution is -0.384. The summed E-state index contributed by atoms with van der Waals surface area (Å²) in [7, 11) is 0. The zero-order valence-corrected chi connectivity index (χ0v) is 12.8. The van der Waals surface area contributed by atoms with Crippen LogP contribution in [-0.4, -0.2) is 45.8 Å². The van der Waals surface area contributed by atoms with Crippen LogP contribution in [0.1, 0.15) is 32.9 Å². The van der Waals surface area contributed by atoms with Crippen molar-refractivity contribution in [3.63, 3.8) is 0 Å². The molecule has 7 nitrogen and oxygen atoms in total. The molecule has 1 N–H and O–H groups in total. The fourth-order valence-corrected chi connectivity index (χ4v) is 2.27. The molecule has 0 atom stereocenters. The third-order valence-electron chi connectivity index (χ3n) is 3.29. The van der Waals surface area contributed by atoms with Crippen LogP contribution in [0.2, 0.25) is 0 Å². The molecule has 0 saturated carbocycles. The van der Waals surface area contributed by atoms with Crippen LogP contribution < -0.4 is 5.32 Å². The molecule has 1 heterocycles. The third kappa shape index (κ3) is 3.93. The number of likely N-dealkylation sites (N-methyl/N-ethyl adjacent to an activating group) is 1. The van der Waals surface area contributed by atoms with Crippen LogP contribution in [0.25, 0.3) is 0 Å². The molecule has 0 aliphatic heterocycles. The van der Waals surface area contributed by atoms with Crippen molar-refractivity contribution in [1.82, 2.24) is 14.7 Å². The van der Waals surface area contributed by atoms with Gasteiger partial charge in [0.15, 0.2) is 0 Å². The molecule has 7 heteroatoms. The molecule has 1 rings (SSSR count). The van der Waals surface area contributed by atoms with Crippen molar-refractivity contribution in [1.29, 1.82) is 0 Å². The van der Waals surface area contributed by atoms with Crippen LogP contribution >= 0.6 is 0 Å². The lowest BCUT2D eigenvalue weighted by atomic mass is 10.3. The Hall–Kier alpha value is -1.63. The predicted molar refractivity (Wildman–Crippen MR) is 80.2 cm³/mol. The highest BCUT2D eigenvalue weighted by molar-refractivity contribution is 5.59. The summed E-state index contributed by atoms with van der Waals surface area (Å²) in [4.78, 5) is 13.1. The molecule has 0 unspecified atom stereocenters. The maximum absolute atomic E-state index is 11.1. The molecular formula is C13H25N5O2. The van der Waals surface area contributed by atoms with Crippen molar-refractivity contribution in [3.8, 4) is 0 Å². The Balaban J connectivity index is 2.73. The second-order valence-corrected chi connectivity index (χ2v) is 4.72. The maximum Gasteiger partial charge on any atom is 0.333 e. The fraction of sp³-hybridized carbons (Fsp3) is 0.769. The fourth-order valence-electron chi connectivity index (χ4n) is 2.27. The minimum atomic E-state index is -0.361. The molecule has 0 radical (unpaired) electrons. The minimum Gasteiger partial charge on any atom is -0.363 e. The Kier molecular flexibility index (Phi) is 6.44. The molecule has 0 saturated heterocycles. The van der Waals surface area contributed by atoms with Crippen molar-refractivity contribution in [2.45, 2.75) is 40.7 Å². The van der Waals surface area contributed by atoms with Crippen molar-refractivity contribution < 1.29 is 4.92 Å². The van der Waals surface area contributed by atoms with E-state index in [2.05, 4.69) is 29.2 Å². The first-order valence-electron chi connectivity index (χ1n) is 7.23. The highest BCUT2D eigenvalue weighted by Gasteiger charge is 2.24. The number of hydrogen-bond acceptors (Lipinski definition) is 5. The van der Waals surface area contributed by atoms with Crippen LogP contribution in [0.5, 0.6) is 0 Å². The van der Waals surface area contributed by atoms with Crippen LogP contribution in [-0.2, 0) is 6.54 Å². The van der Waals surface area contributed by atoms with E-state index in [1.807, 2.05) is 6.92 Å². The Labute approximate surface area is 120 Å². The molecule has 0 fully saturated rings. The zero-order chi connectivity index (χ0) is 15.1. The molecule has 0 bridgehead atoms. The van der Waals surface area contributed by atoms with Gasteiger partial charge in [-0.25, -0.2) is 4.68 Å². The second-order valence-electron chi connectivity index (χ2n) is 4.72. The summed E-state index contributed by atoms with van der Waals surface area (Å²) in [5.41, 5.74) is 0.547. The average molecular weight is 283 g/mol. The van der Waals surface area contributed by atoms with Crippen molar-refractivity contribution in [2.24, 2.45) is 0 Å². The smallest absolute Gasteiger partial charge is 0.333 e. The number of nitrogens with zero attached hydrogens (tertiary/aromatic N) is 4. The summed E-state index contributed by atoms with van der Waals surface area (Å²) < 4.78 is 1.66. The molecule has 0 aliphatic rings. The summed E-state index contributed by atoms with van der Waals surface area (Å²) in [6.45, 7) is 12.1. The molecule has 0 aromatic carbocycles. The van der Waals surface area contributed by atoms with Crippen molar-refractivity contribution in [2.75, 3.05) is 31.5 Å². The van der Waals surface area contributed by atoms with Gasteiger partial charge in [0, 0.05) is 19.6 Å². The first-order chi connectivity index (χ1) is 9.54. The van der Waals surface area contributed by atoms with Crippen LogP contribution in [0.15, 0.2) is 0 Å². The first kappa shape index (κ1) is 16.4. The molecule has 1 aromatic heterocycles. The largest absolute Gasteiger partial charge is 0.363 e. The van der Waals surface area contributed by atoms with Crippen LogP contribution in [0.4, 0.5) is 11.5 Å². The van der Waals surface area contributed by atoms with E-state index in [4.69, 9.17) is 0 Å². The van der Waals surface area contributed by atoms with Gasteiger partial charge in [-0.05, 0) is 33.4 Å². The van der Waals surface area contributed by atoms with Gasteiger partial charge < -0.3 is 10.2 Å². The highest BCUT2D eigenvalue weighted by atomic mass is 16.6. The molecule has 0 spiro atoms. The summed E-state index contributed by atoms with van der Waals surface area (Å²) in [6.07, 6.45) is 1.11. The predicted octanol–water partition coefficient (Wildman–Crippen LogP) is 2.26. The number of aromatic nitrogens is 2. The number of rotatable bonds is 9. The van der Waals surface area contributed by atoms with Gasteiger partial charge in [-0.1, -0.05) is 13.8 Å².